The maximum Gasteiger partial charge on any atom is 0.0645 e. The predicted molar refractivity (Wildman–Crippen MR) is 75.7 cm³/mol. The highest BCUT2D eigenvalue weighted by molar-refractivity contribution is 5.55. The number of aromatic nitrogens is 2. The SMILES string of the molecule is CNC(C)/C(C)=C/c1ccc(-n2cccn2)cc1. The van der Waals surface area contributed by atoms with Crippen molar-refractivity contribution < 1.29 is 0 Å². The molecule has 1 aromatic carbocycles. The van der Waals surface area contributed by atoms with Crippen molar-refractivity contribution in [1.29, 1.82) is 0 Å². The molecule has 1 atom stereocenters. The Morgan fingerprint density at radius 3 is 2.61 bits per heavy atom. The summed E-state index contributed by atoms with van der Waals surface area (Å²) < 4.78 is 1.86. The molecular formula is C15H19N3. The zero-order chi connectivity index (χ0) is 13.0. The molecule has 2 aromatic rings. The Morgan fingerprint density at radius 2 is 2.06 bits per heavy atom. The molecule has 0 aliphatic carbocycles. The molecule has 0 fully saturated rings. The first-order valence-electron chi connectivity index (χ1n) is 6.16. The standard InChI is InChI=1S/C15H19N3/c1-12(13(2)16-3)11-14-5-7-15(8-6-14)18-10-4-9-17-18/h4-11,13,16H,1-3H3/b12-11+. The van der Waals surface area contributed by atoms with Crippen LogP contribution in [-0.4, -0.2) is 22.9 Å². The maximum absolute atomic E-state index is 4.21. The van der Waals surface area contributed by atoms with Gasteiger partial charge in [0.05, 0.1) is 5.69 Å². The zero-order valence-corrected chi connectivity index (χ0v) is 11.1. The Kier molecular flexibility index (Phi) is 3.95. The summed E-state index contributed by atoms with van der Waals surface area (Å²) in [7, 11) is 1.98. The monoisotopic (exact) mass is 241 g/mol. The third-order valence-corrected chi connectivity index (χ3v) is 3.17. The average molecular weight is 241 g/mol. The molecule has 0 spiro atoms. The Balaban J connectivity index is 2.18. The molecule has 1 heterocycles. The first-order valence-corrected chi connectivity index (χ1v) is 6.16. The molecule has 1 aromatic heterocycles. The van der Waals surface area contributed by atoms with Gasteiger partial charge in [-0.3, -0.25) is 0 Å². The van der Waals surface area contributed by atoms with Crippen molar-refractivity contribution in [2.45, 2.75) is 19.9 Å². The predicted octanol–water partition coefficient (Wildman–Crippen LogP) is 2.88. The number of likely N-dealkylation sites (N-methyl/N-ethyl adjacent to an activating group) is 1. The van der Waals surface area contributed by atoms with Crippen molar-refractivity contribution in [3.05, 3.63) is 53.9 Å². The average Bonchev–Trinajstić information content (AvgIpc) is 2.92. The van der Waals surface area contributed by atoms with E-state index in [1.165, 1.54) is 11.1 Å². The largest absolute Gasteiger partial charge is 0.314 e. The number of hydrogen-bond acceptors (Lipinski definition) is 2. The maximum atomic E-state index is 4.21. The summed E-state index contributed by atoms with van der Waals surface area (Å²) in [5.74, 6) is 0. The third-order valence-electron chi connectivity index (χ3n) is 3.17. The molecule has 0 saturated heterocycles. The fraction of sp³-hybridized carbons (Fsp3) is 0.267. The van der Waals surface area contributed by atoms with Gasteiger partial charge in [0.25, 0.3) is 0 Å². The van der Waals surface area contributed by atoms with Gasteiger partial charge >= 0.3 is 0 Å². The molecule has 0 aliphatic rings. The first kappa shape index (κ1) is 12.6. The van der Waals surface area contributed by atoms with Gasteiger partial charge in [-0.1, -0.05) is 23.8 Å². The minimum Gasteiger partial charge on any atom is -0.314 e. The summed E-state index contributed by atoms with van der Waals surface area (Å²) >= 11 is 0. The van der Waals surface area contributed by atoms with Crippen molar-refractivity contribution in [3.63, 3.8) is 0 Å². The quantitative estimate of drug-likeness (QED) is 0.892. The van der Waals surface area contributed by atoms with E-state index in [0.29, 0.717) is 6.04 Å². The highest BCUT2D eigenvalue weighted by atomic mass is 15.3. The Morgan fingerprint density at radius 1 is 1.33 bits per heavy atom. The molecule has 94 valence electrons. The van der Waals surface area contributed by atoms with E-state index in [2.05, 4.69) is 54.6 Å². The number of nitrogens with one attached hydrogen (secondary N) is 1. The zero-order valence-electron chi connectivity index (χ0n) is 11.1. The topological polar surface area (TPSA) is 29.9 Å². The van der Waals surface area contributed by atoms with Crippen LogP contribution >= 0.6 is 0 Å². The van der Waals surface area contributed by atoms with Crippen LogP contribution in [0.2, 0.25) is 0 Å². The Labute approximate surface area is 108 Å². The van der Waals surface area contributed by atoms with E-state index in [9.17, 15) is 0 Å². The number of benzene rings is 1. The van der Waals surface area contributed by atoms with Crippen molar-refractivity contribution in [3.8, 4) is 5.69 Å². The Bertz CT molecular complexity index is 509. The van der Waals surface area contributed by atoms with Crippen LogP contribution in [0.1, 0.15) is 19.4 Å². The molecular weight excluding hydrogens is 222 g/mol. The van der Waals surface area contributed by atoms with Gasteiger partial charge in [-0.15, -0.1) is 0 Å². The van der Waals surface area contributed by atoms with Gasteiger partial charge in [-0.05, 0) is 44.7 Å². The van der Waals surface area contributed by atoms with Crippen molar-refractivity contribution in [2.75, 3.05) is 7.05 Å². The van der Waals surface area contributed by atoms with Crippen LogP contribution in [0.15, 0.2) is 48.3 Å². The van der Waals surface area contributed by atoms with E-state index < -0.39 is 0 Å². The van der Waals surface area contributed by atoms with E-state index in [1.54, 1.807) is 6.20 Å². The lowest BCUT2D eigenvalue weighted by molar-refractivity contribution is 0.696. The van der Waals surface area contributed by atoms with Gasteiger partial charge in [0.1, 0.15) is 0 Å². The lowest BCUT2D eigenvalue weighted by atomic mass is 10.1. The molecule has 2 rings (SSSR count). The van der Waals surface area contributed by atoms with Gasteiger partial charge in [0.2, 0.25) is 0 Å². The number of hydrogen-bond donors (Lipinski definition) is 1. The van der Waals surface area contributed by atoms with Gasteiger partial charge < -0.3 is 5.32 Å². The van der Waals surface area contributed by atoms with Crippen LogP contribution in [0.25, 0.3) is 11.8 Å². The second-order valence-corrected chi connectivity index (χ2v) is 4.44. The Hall–Kier alpha value is -1.87. The molecule has 1 N–H and O–H groups in total. The van der Waals surface area contributed by atoms with Crippen LogP contribution in [0.3, 0.4) is 0 Å². The fourth-order valence-corrected chi connectivity index (χ4v) is 1.76. The van der Waals surface area contributed by atoms with Gasteiger partial charge in [0, 0.05) is 18.4 Å². The van der Waals surface area contributed by atoms with Crippen molar-refractivity contribution in [2.24, 2.45) is 0 Å². The summed E-state index contributed by atoms with van der Waals surface area (Å²) in [6.45, 7) is 4.30. The molecule has 0 bridgehead atoms. The van der Waals surface area contributed by atoms with E-state index in [0.717, 1.165) is 5.69 Å². The lowest BCUT2D eigenvalue weighted by Crippen LogP contribution is -2.21. The minimum absolute atomic E-state index is 0.399. The second kappa shape index (κ2) is 5.65. The van der Waals surface area contributed by atoms with Crippen LogP contribution in [0.4, 0.5) is 0 Å². The van der Waals surface area contributed by atoms with Gasteiger partial charge in [-0.2, -0.15) is 5.10 Å². The molecule has 3 heteroatoms. The van der Waals surface area contributed by atoms with Gasteiger partial charge in [-0.25, -0.2) is 4.68 Å². The van der Waals surface area contributed by atoms with Crippen molar-refractivity contribution in [1.82, 2.24) is 15.1 Å². The molecule has 1 unspecified atom stereocenters. The van der Waals surface area contributed by atoms with E-state index in [1.807, 2.05) is 24.0 Å². The number of rotatable bonds is 4. The molecule has 18 heavy (non-hydrogen) atoms. The summed E-state index contributed by atoms with van der Waals surface area (Å²) in [6.07, 6.45) is 5.93. The second-order valence-electron chi connectivity index (χ2n) is 4.44. The molecule has 0 radical (unpaired) electrons. The smallest absolute Gasteiger partial charge is 0.0645 e. The molecule has 0 amide bonds. The van der Waals surface area contributed by atoms with Crippen LogP contribution < -0.4 is 5.32 Å². The summed E-state index contributed by atoms with van der Waals surface area (Å²) in [5.41, 5.74) is 3.62. The fourth-order valence-electron chi connectivity index (χ4n) is 1.76. The summed E-state index contributed by atoms with van der Waals surface area (Å²) in [5, 5.41) is 7.45. The van der Waals surface area contributed by atoms with Crippen LogP contribution in [0.5, 0.6) is 0 Å². The molecule has 3 nitrogen and oxygen atoms in total. The molecule has 0 saturated carbocycles. The summed E-state index contributed by atoms with van der Waals surface area (Å²) in [4.78, 5) is 0. The van der Waals surface area contributed by atoms with Crippen LogP contribution in [-0.2, 0) is 0 Å². The van der Waals surface area contributed by atoms with Gasteiger partial charge in [0.15, 0.2) is 0 Å². The summed E-state index contributed by atoms with van der Waals surface area (Å²) in [6, 6.07) is 10.7. The third kappa shape index (κ3) is 2.87. The minimum atomic E-state index is 0.399. The lowest BCUT2D eigenvalue weighted by Gasteiger charge is -2.10. The van der Waals surface area contributed by atoms with E-state index in [4.69, 9.17) is 0 Å². The molecule has 0 aliphatic heterocycles. The van der Waals surface area contributed by atoms with E-state index >= 15 is 0 Å². The highest BCUT2D eigenvalue weighted by Gasteiger charge is 2.00. The highest BCUT2D eigenvalue weighted by Crippen LogP contribution is 2.13. The van der Waals surface area contributed by atoms with Crippen LogP contribution in [0, 0.1) is 0 Å². The number of nitrogens with zero attached hydrogens (tertiary/aromatic N) is 2. The normalized spacial score (nSPS) is 13.6. The van der Waals surface area contributed by atoms with E-state index in [-0.39, 0.29) is 0 Å². The first-order chi connectivity index (χ1) is 8.70. The van der Waals surface area contributed by atoms with Crippen molar-refractivity contribution >= 4 is 6.08 Å².